The minimum atomic E-state index is -0.744. The normalized spacial score (nSPS) is 17.0. The molecule has 2 aromatic carbocycles. The molecule has 5 rings (SSSR count). The summed E-state index contributed by atoms with van der Waals surface area (Å²) in [6, 6.07) is 14.0. The highest BCUT2D eigenvalue weighted by Gasteiger charge is 2.33. The Kier molecular flexibility index (Phi) is 3.75. The van der Waals surface area contributed by atoms with E-state index >= 15 is 0 Å². The van der Waals surface area contributed by atoms with Gasteiger partial charge in [0, 0.05) is 17.3 Å². The molecule has 2 amide bonds. The van der Waals surface area contributed by atoms with Crippen molar-refractivity contribution in [3.8, 4) is 22.6 Å². The van der Waals surface area contributed by atoms with E-state index < -0.39 is 6.04 Å². The van der Waals surface area contributed by atoms with Crippen LogP contribution in [0.4, 0.5) is 11.5 Å². The second-order valence-corrected chi connectivity index (χ2v) is 6.54. The molecule has 0 saturated carbocycles. The number of rotatable bonds is 3. The molecular formula is C20H16N4O4. The fourth-order valence-electron chi connectivity index (χ4n) is 3.40. The van der Waals surface area contributed by atoms with E-state index in [4.69, 9.17) is 9.47 Å². The maximum absolute atomic E-state index is 12.9. The van der Waals surface area contributed by atoms with Gasteiger partial charge in [-0.25, -0.2) is 4.68 Å². The molecule has 8 heteroatoms. The number of benzene rings is 2. The van der Waals surface area contributed by atoms with Crippen LogP contribution >= 0.6 is 0 Å². The number of fused-ring (bicyclic) bond motifs is 2. The minimum Gasteiger partial charge on any atom is -0.454 e. The number of aromatic nitrogens is 2. The van der Waals surface area contributed by atoms with Crippen molar-refractivity contribution in [3.63, 3.8) is 0 Å². The second kappa shape index (κ2) is 6.41. The number of ether oxygens (including phenoxy) is 2. The van der Waals surface area contributed by atoms with E-state index in [0.29, 0.717) is 23.0 Å². The summed E-state index contributed by atoms with van der Waals surface area (Å²) in [5, 5.41) is 10.0. The van der Waals surface area contributed by atoms with Gasteiger partial charge < -0.3 is 20.1 Å². The summed E-state index contributed by atoms with van der Waals surface area (Å²) in [4.78, 5) is 25.2. The van der Waals surface area contributed by atoms with Gasteiger partial charge in [-0.2, -0.15) is 5.10 Å². The summed E-state index contributed by atoms with van der Waals surface area (Å²) in [6.45, 7) is 0.161. The average molecular weight is 376 g/mol. The van der Waals surface area contributed by atoms with Crippen molar-refractivity contribution in [3.05, 3.63) is 54.7 Å². The fraction of sp³-hybridized carbons (Fsp3) is 0.150. The molecule has 2 aliphatic heterocycles. The zero-order valence-electron chi connectivity index (χ0n) is 14.7. The monoisotopic (exact) mass is 376 g/mol. The number of carbonyl (C=O) groups excluding carboxylic acids is 2. The Balaban J connectivity index is 1.44. The highest BCUT2D eigenvalue weighted by atomic mass is 16.7. The van der Waals surface area contributed by atoms with E-state index in [1.165, 1.54) is 0 Å². The first-order valence-corrected chi connectivity index (χ1v) is 8.82. The zero-order chi connectivity index (χ0) is 19.1. The van der Waals surface area contributed by atoms with Crippen molar-refractivity contribution >= 4 is 23.3 Å². The summed E-state index contributed by atoms with van der Waals surface area (Å²) in [6.07, 6.45) is 1.68. The van der Waals surface area contributed by atoms with Crippen LogP contribution in [0.25, 0.3) is 11.1 Å². The molecule has 0 bridgehead atoms. The third-order valence-corrected chi connectivity index (χ3v) is 4.75. The van der Waals surface area contributed by atoms with Crippen LogP contribution in [0.3, 0.4) is 0 Å². The van der Waals surface area contributed by atoms with E-state index in [2.05, 4.69) is 15.7 Å². The van der Waals surface area contributed by atoms with Crippen LogP contribution in [-0.4, -0.2) is 28.4 Å². The number of nitrogens with zero attached hydrogens (tertiary/aromatic N) is 2. The van der Waals surface area contributed by atoms with Gasteiger partial charge in [-0.05, 0) is 17.7 Å². The molecule has 1 atom stereocenters. The summed E-state index contributed by atoms with van der Waals surface area (Å²) in [5.74, 6) is 1.18. The van der Waals surface area contributed by atoms with Crippen molar-refractivity contribution in [2.45, 2.75) is 12.5 Å². The van der Waals surface area contributed by atoms with Crippen molar-refractivity contribution in [2.24, 2.45) is 0 Å². The molecule has 3 aromatic rings. The quantitative estimate of drug-likeness (QED) is 0.733. The number of hydrogen-bond acceptors (Lipinski definition) is 5. The molecule has 0 radical (unpaired) electrons. The summed E-state index contributed by atoms with van der Waals surface area (Å²) in [5.41, 5.74) is 2.26. The molecule has 3 heterocycles. The number of amides is 2. The Morgan fingerprint density at radius 1 is 1.14 bits per heavy atom. The lowest BCUT2D eigenvalue weighted by Crippen LogP contribution is -2.35. The van der Waals surface area contributed by atoms with Crippen LogP contribution in [0.15, 0.2) is 54.7 Å². The number of carbonyl (C=O) groups is 2. The lowest BCUT2D eigenvalue weighted by Gasteiger charge is -2.24. The van der Waals surface area contributed by atoms with Crippen LogP contribution in [-0.2, 0) is 9.59 Å². The highest BCUT2D eigenvalue weighted by molar-refractivity contribution is 6.03. The van der Waals surface area contributed by atoms with Gasteiger partial charge in [0.25, 0.3) is 0 Å². The van der Waals surface area contributed by atoms with Gasteiger partial charge in [0.2, 0.25) is 18.6 Å². The van der Waals surface area contributed by atoms with Crippen LogP contribution < -0.4 is 20.1 Å². The topological polar surface area (TPSA) is 94.5 Å². The van der Waals surface area contributed by atoms with Crippen molar-refractivity contribution in [1.29, 1.82) is 0 Å². The van der Waals surface area contributed by atoms with Crippen molar-refractivity contribution in [1.82, 2.24) is 9.78 Å². The Bertz CT molecular complexity index is 1080. The van der Waals surface area contributed by atoms with Gasteiger partial charge in [-0.1, -0.05) is 30.3 Å². The van der Waals surface area contributed by atoms with Crippen LogP contribution in [0.2, 0.25) is 0 Å². The van der Waals surface area contributed by atoms with Crippen LogP contribution in [0, 0.1) is 0 Å². The molecule has 1 aromatic heterocycles. The lowest BCUT2D eigenvalue weighted by atomic mass is 10.1. The van der Waals surface area contributed by atoms with Crippen LogP contribution in [0.1, 0.15) is 12.5 Å². The molecule has 2 aliphatic rings. The van der Waals surface area contributed by atoms with Gasteiger partial charge in [-0.3, -0.25) is 9.59 Å². The average Bonchev–Trinajstić information content (AvgIpc) is 3.34. The van der Waals surface area contributed by atoms with Crippen LogP contribution in [0.5, 0.6) is 11.5 Å². The lowest BCUT2D eigenvalue weighted by molar-refractivity contribution is -0.125. The number of anilines is 2. The van der Waals surface area contributed by atoms with E-state index in [0.717, 1.165) is 11.1 Å². The largest absolute Gasteiger partial charge is 0.454 e. The van der Waals surface area contributed by atoms with Gasteiger partial charge in [0.15, 0.2) is 11.5 Å². The third kappa shape index (κ3) is 2.75. The Morgan fingerprint density at radius 3 is 2.82 bits per heavy atom. The molecule has 0 saturated heterocycles. The molecule has 0 aliphatic carbocycles. The number of hydrogen-bond donors (Lipinski definition) is 2. The molecule has 0 unspecified atom stereocenters. The first kappa shape index (κ1) is 16.4. The van der Waals surface area contributed by atoms with Gasteiger partial charge in [0.05, 0.1) is 12.6 Å². The Hall–Kier alpha value is -3.81. The molecule has 2 N–H and O–H groups in total. The minimum absolute atomic E-state index is 0.0132. The van der Waals surface area contributed by atoms with E-state index in [-0.39, 0.29) is 25.0 Å². The van der Waals surface area contributed by atoms with Gasteiger partial charge >= 0.3 is 0 Å². The molecule has 0 spiro atoms. The maximum atomic E-state index is 12.9. The molecular weight excluding hydrogens is 360 g/mol. The maximum Gasteiger partial charge on any atom is 0.249 e. The standard InChI is InChI=1S/C20H16N4O4/c25-18-9-15(20(26)22-13-6-7-16-17(8-13)28-11-27-16)24-19(23-18)14(10-21-24)12-4-2-1-3-5-12/h1-8,10,15H,9,11H2,(H,22,26)(H,23,25)/t15-/m1/s1. The first-order valence-electron chi connectivity index (χ1n) is 8.82. The predicted octanol–water partition coefficient (Wildman–Crippen LogP) is 2.80. The van der Waals surface area contributed by atoms with Crippen molar-refractivity contribution in [2.75, 3.05) is 17.4 Å². The molecule has 28 heavy (non-hydrogen) atoms. The zero-order valence-corrected chi connectivity index (χ0v) is 14.7. The smallest absolute Gasteiger partial charge is 0.249 e. The van der Waals surface area contributed by atoms with E-state index in [9.17, 15) is 9.59 Å². The van der Waals surface area contributed by atoms with E-state index in [1.54, 1.807) is 29.1 Å². The SMILES string of the molecule is O=C1C[C@H](C(=O)Nc2ccc3c(c2)OCO3)n2ncc(-c3ccccc3)c2N1. The Labute approximate surface area is 160 Å². The van der Waals surface area contributed by atoms with Crippen molar-refractivity contribution < 1.29 is 19.1 Å². The summed E-state index contributed by atoms with van der Waals surface area (Å²) in [7, 11) is 0. The summed E-state index contributed by atoms with van der Waals surface area (Å²) < 4.78 is 12.2. The van der Waals surface area contributed by atoms with Gasteiger partial charge in [0.1, 0.15) is 11.9 Å². The summed E-state index contributed by atoms with van der Waals surface area (Å²) >= 11 is 0. The molecule has 8 nitrogen and oxygen atoms in total. The second-order valence-electron chi connectivity index (χ2n) is 6.54. The third-order valence-electron chi connectivity index (χ3n) is 4.75. The molecule has 140 valence electrons. The Morgan fingerprint density at radius 2 is 1.96 bits per heavy atom. The first-order chi connectivity index (χ1) is 13.7. The van der Waals surface area contributed by atoms with Gasteiger partial charge in [-0.15, -0.1) is 0 Å². The fourth-order valence-corrected chi connectivity index (χ4v) is 3.40. The van der Waals surface area contributed by atoms with E-state index in [1.807, 2.05) is 30.3 Å². The molecule has 0 fully saturated rings. The predicted molar refractivity (Wildman–Crippen MR) is 101 cm³/mol. The highest BCUT2D eigenvalue weighted by Crippen LogP contribution is 2.36. The number of nitrogens with one attached hydrogen (secondary N) is 2.